The summed E-state index contributed by atoms with van der Waals surface area (Å²) in [5.74, 6) is -1.32. The maximum atomic E-state index is 12.2. The van der Waals surface area contributed by atoms with Crippen LogP contribution in [0.5, 0.6) is 0 Å². The van der Waals surface area contributed by atoms with Crippen molar-refractivity contribution in [2.24, 2.45) is 0 Å². The Kier molecular flexibility index (Phi) is 7.75. The van der Waals surface area contributed by atoms with Crippen LogP contribution in [0.25, 0.3) is 0 Å². The largest absolute Gasteiger partial charge is 0.452 e. The van der Waals surface area contributed by atoms with Crippen LogP contribution in [0.1, 0.15) is 35.3 Å². The van der Waals surface area contributed by atoms with Crippen molar-refractivity contribution in [1.82, 2.24) is 4.90 Å². The average molecular weight is 382 g/mol. The molecule has 0 fully saturated rings. The van der Waals surface area contributed by atoms with Crippen molar-refractivity contribution in [3.05, 3.63) is 65.2 Å². The van der Waals surface area contributed by atoms with Gasteiger partial charge in [0.1, 0.15) is 0 Å². The lowest BCUT2D eigenvalue weighted by atomic mass is 10.1. The van der Waals surface area contributed by atoms with Crippen LogP contribution in [0.2, 0.25) is 0 Å². The van der Waals surface area contributed by atoms with Gasteiger partial charge in [0.25, 0.3) is 5.91 Å². The van der Waals surface area contributed by atoms with Crippen LogP contribution >= 0.6 is 0 Å². The summed E-state index contributed by atoms with van der Waals surface area (Å²) in [6.07, 6.45) is 1.67. The number of para-hydroxylation sites is 1. The smallest absolute Gasteiger partial charge is 0.338 e. The van der Waals surface area contributed by atoms with Crippen molar-refractivity contribution < 1.29 is 19.1 Å². The number of likely N-dealkylation sites (N-methyl/N-ethyl adjacent to an activating group) is 1. The Morgan fingerprint density at radius 3 is 2.29 bits per heavy atom. The molecular weight excluding hydrogens is 356 g/mol. The SMILES string of the molecule is CCc1ccc(C(=O)OCC(=O)N(C)CC(=O)Nc2ccccc2CC)cc1. The number of benzene rings is 2. The van der Waals surface area contributed by atoms with Crippen molar-refractivity contribution in [3.63, 3.8) is 0 Å². The van der Waals surface area contributed by atoms with Crippen LogP contribution in [0.4, 0.5) is 5.69 Å². The molecular formula is C22H26N2O4. The van der Waals surface area contributed by atoms with Crippen LogP contribution in [0, 0.1) is 0 Å². The van der Waals surface area contributed by atoms with Gasteiger partial charge in [-0.1, -0.05) is 44.2 Å². The molecule has 0 heterocycles. The zero-order valence-corrected chi connectivity index (χ0v) is 16.5. The molecule has 2 aromatic carbocycles. The predicted molar refractivity (Wildman–Crippen MR) is 108 cm³/mol. The molecule has 0 aliphatic carbocycles. The normalized spacial score (nSPS) is 10.2. The third kappa shape index (κ3) is 5.94. The average Bonchev–Trinajstić information content (AvgIpc) is 2.72. The molecule has 2 aromatic rings. The molecule has 0 radical (unpaired) electrons. The molecule has 2 rings (SSSR count). The topological polar surface area (TPSA) is 75.7 Å². The number of nitrogens with zero attached hydrogens (tertiary/aromatic N) is 1. The van der Waals surface area contributed by atoms with Gasteiger partial charge in [-0.15, -0.1) is 0 Å². The van der Waals surface area contributed by atoms with Gasteiger partial charge < -0.3 is 15.0 Å². The fraction of sp³-hybridized carbons (Fsp3) is 0.318. The number of hydrogen-bond donors (Lipinski definition) is 1. The van der Waals surface area contributed by atoms with Gasteiger partial charge in [0.2, 0.25) is 5.91 Å². The quantitative estimate of drug-likeness (QED) is 0.712. The standard InChI is InChI=1S/C22H26N2O4/c1-4-16-10-12-18(13-11-16)22(27)28-15-21(26)24(3)14-20(25)23-19-9-7-6-8-17(19)5-2/h6-13H,4-5,14-15H2,1-3H3,(H,23,25). The van der Waals surface area contributed by atoms with E-state index in [1.807, 2.05) is 50.2 Å². The Balaban J connectivity index is 1.83. The number of carbonyl (C=O) groups is 3. The lowest BCUT2D eigenvalue weighted by molar-refractivity contribution is -0.136. The zero-order valence-electron chi connectivity index (χ0n) is 16.5. The summed E-state index contributed by atoms with van der Waals surface area (Å²) in [4.78, 5) is 37.6. The van der Waals surface area contributed by atoms with E-state index in [-0.39, 0.29) is 12.5 Å². The van der Waals surface area contributed by atoms with Crippen molar-refractivity contribution >= 4 is 23.5 Å². The highest BCUT2D eigenvalue weighted by Gasteiger charge is 2.16. The number of amides is 2. The molecule has 0 unspecified atom stereocenters. The predicted octanol–water partition coefficient (Wildman–Crippen LogP) is 3.07. The second kappa shape index (κ2) is 10.3. The van der Waals surface area contributed by atoms with E-state index in [1.165, 1.54) is 11.9 Å². The Hall–Kier alpha value is -3.15. The summed E-state index contributed by atoms with van der Waals surface area (Å²) in [7, 11) is 1.50. The van der Waals surface area contributed by atoms with Gasteiger partial charge in [-0.25, -0.2) is 4.79 Å². The van der Waals surface area contributed by atoms with Crippen molar-refractivity contribution in [2.75, 3.05) is 25.5 Å². The van der Waals surface area contributed by atoms with Gasteiger partial charge in [-0.3, -0.25) is 9.59 Å². The second-order valence-corrected chi connectivity index (χ2v) is 6.44. The molecule has 0 saturated carbocycles. The molecule has 0 atom stereocenters. The van der Waals surface area contributed by atoms with Crippen LogP contribution in [-0.2, 0) is 27.2 Å². The van der Waals surface area contributed by atoms with Crippen LogP contribution in [0.15, 0.2) is 48.5 Å². The summed E-state index contributed by atoms with van der Waals surface area (Å²) in [5.41, 5.74) is 3.26. The Labute approximate surface area is 165 Å². The van der Waals surface area contributed by atoms with E-state index in [4.69, 9.17) is 4.74 Å². The second-order valence-electron chi connectivity index (χ2n) is 6.44. The van der Waals surface area contributed by atoms with E-state index in [0.29, 0.717) is 5.56 Å². The third-order valence-corrected chi connectivity index (χ3v) is 4.40. The minimum Gasteiger partial charge on any atom is -0.452 e. The number of hydrogen-bond acceptors (Lipinski definition) is 4. The maximum Gasteiger partial charge on any atom is 0.338 e. The molecule has 0 saturated heterocycles. The van der Waals surface area contributed by atoms with E-state index < -0.39 is 18.5 Å². The molecule has 28 heavy (non-hydrogen) atoms. The fourth-order valence-electron chi connectivity index (χ4n) is 2.64. The van der Waals surface area contributed by atoms with E-state index >= 15 is 0 Å². The molecule has 6 heteroatoms. The lowest BCUT2D eigenvalue weighted by Gasteiger charge is -2.17. The van der Waals surface area contributed by atoms with Gasteiger partial charge in [0.15, 0.2) is 6.61 Å². The van der Waals surface area contributed by atoms with E-state index in [1.54, 1.807) is 12.1 Å². The minimum absolute atomic E-state index is 0.125. The summed E-state index contributed by atoms with van der Waals surface area (Å²) in [5, 5.41) is 2.81. The summed E-state index contributed by atoms with van der Waals surface area (Å²) < 4.78 is 5.06. The molecule has 0 aromatic heterocycles. The molecule has 0 aliphatic rings. The molecule has 148 valence electrons. The highest BCUT2D eigenvalue weighted by molar-refractivity contribution is 5.96. The lowest BCUT2D eigenvalue weighted by Crippen LogP contribution is -2.37. The number of esters is 1. The van der Waals surface area contributed by atoms with Gasteiger partial charge in [-0.05, 0) is 42.2 Å². The maximum absolute atomic E-state index is 12.2. The highest BCUT2D eigenvalue weighted by Crippen LogP contribution is 2.15. The van der Waals surface area contributed by atoms with Crippen LogP contribution in [0.3, 0.4) is 0 Å². The Bertz CT molecular complexity index is 831. The minimum atomic E-state index is -0.564. The Morgan fingerprint density at radius 1 is 0.964 bits per heavy atom. The van der Waals surface area contributed by atoms with Crippen LogP contribution in [-0.4, -0.2) is 42.9 Å². The van der Waals surface area contributed by atoms with Gasteiger partial charge in [0.05, 0.1) is 12.1 Å². The van der Waals surface area contributed by atoms with Crippen molar-refractivity contribution in [2.45, 2.75) is 26.7 Å². The third-order valence-electron chi connectivity index (χ3n) is 4.40. The number of anilines is 1. The van der Waals surface area contributed by atoms with Gasteiger partial charge in [0, 0.05) is 12.7 Å². The monoisotopic (exact) mass is 382 g/mol. The summed E-state index contributed by atoms with van der Waals surface area (Å²) >= 11 is 0. The Morgan fingerprint density at radius 2 is 1.64 bits per heavy atom. The van der Waals surface area contributed by atoms with Crippen LogP contribution < -0.4 is 5.32 Å². The first-order valence-corrected chi connectivity index (χ1v) is 9.32. The molecule has 0 spiro atoms. The first kappa shape index (κ1) is 21.2. The molecule has 0 bridgehead atoms. The van der Waals surface area contributed by atoms with E-state index in [0.717, 1.165) is 29.7 Å². The first-order chi connectivity index (χ1) is 13.4. The number of carbonyl (C=O) groups excluding carboxylic acids is 3. The number of nitrogens with one attached hydrogen (secondary N) is 1. The van der Waals surface area contributed by atoms with Gasteiger partial charge in [-0.2, -0.15) is 0 Å². The number of rotatable bonds is 8. The first-order valence-electron chi connectivity index (χ1n) is 9.32. The van der Waals surface area contributed by atoms with E-state index in [9.17, 15) is 14.4 Å². The van der Waals surface area contributed by atoms with Gasteiger partial charge >= 0.3 is 5.97 Å². The summed E-state index contributed by atoms with van der Waals surface area (Å²) in [6, 6.07) is 14.6. The molecule has 6 nitrogen and oxygen atoms in total. The highest BCUT2D eigenvalue weighted by atomic mass is 16.5. The summed E-state index contributed by atoms with van der Waals surface area (Å²) in [6.45, 7) is 3.49. The zero-order chi connectivity index (χ0) is 20.5. The molecule has 0 aliphatic heterocycles. The number of ether oxygens (including phenoxy) is 1. The number of aryl methyl sites for hydroxylation is 2. The van der Waals surface area contributed by atoms with Crippen molar-refractivity contribution in [1.29, 1.82) is 0 Å². The fourth-order valence-corrected chi connectivity index (χ4v) is 2.64. The molecule has 1 N–H and O–H groups in total. The molecule has 2 amide bonds. The van der Waals surface area contributed by atoms with E-state index in [2.05, 4.69) is 5.32 Å². The van der Waals surface area contributed by atoms with Crippen molar-refractivity contribution in [3.8, 4) is 0 Å².